The van der Waals surface area contributed by atoms with Gasteiger partial charge in [0.1, 0.15) is 28.9 Å². The van der Waals surface area contributed by atoms with Crippen LogP contribution in [0.3, 0.4) is 0 Å². The van der Waals surface area contributed by atoms with Crippen LogP contribution in [0.4, 0.5) is 8.78 Å². The van der Waals surface area contributed by atoms with Crippen LogP contribution in [0.5, 0.6) is 17.2 Å². The first kappa shape index (κ1) is 35.7. The van der Waals surface area contributed by atoms with Crippen molar-refractivity contribution in [2.45, 2.75) is 42.9 Å². The highest BCUT2D eigenvalue weighted by molar-refractivity contribution is 7.91. The van der Waals surface area contributed by atoms with Gasteiger partial charge in [-0.2, -0.15) is 0 Å². The number of benzene rings is 4. The van der Waals surface area contributed by atoms with Crippen molar-refractivity contribution >= 4 is 21.8 Å². The summed E-state index contributed by atoms with van der Waals surface area (Å²) in [6.45, 7) is 6.92. The Labute approximate surface area is 283 Å². The molecular weight excluding hydrogens is 658 g/mol. The number of unbranched alkanes of at least 4 members (excludes halogenated alkanes) is 1. The molecule has 258 valence electrons. The Morgan fingerprint density at radius 3 is 1.73 bits per heavy atom. The second kappa shape index (κ2) is 15.7. The fourth-order valence-electron chi connectivity index (χ4n) is 4.94. The zero-order valence-electron chi connectivity index (χ0n) is 27.1. The van der Waals surface area contributed by atoms with Crippen LogP contribution in [0.15, 0.2) is 94.7 Å². The number of rotatable bonds is 15. The van der Waals surface area contributed by atoms with E-state index in [2.05, 4.69) is 6.92 Å². The summed E-state index contributed by atoms with van der Waals surface area (Å²) in [5, 5.41) is 0. The molecule has 4 aromatic rings. The third-order valence-corrected chi connectivity index (χ3v) is 9.91. The molecule has 0 spiro atoms. The van der Waals surface area contributed by atoms with E-state index in [1.54, 1.807) is 13.0 Å². The van der Waals surface area contributed by atoms with Crippen LogP contribution in [-0.4, -0.2) is 53.4 Å². The topological polar surface area (TPSA) is 114 Å². The summed E-state index contributed by atoms with van der Waals surface area (Å²) in [6, 6.07) is 18.0. The highest BCUT2D eigenvalue weighted by Crippen LogP contribution is 2.31. The molecule has 1 fully saturated rings. The van der Waals surface area contributed by atoms with Gasteiger partial charge in [0.2, 0.25) is 9.84 Å². The lowest BCUT2D eigenvalue weighted by Crippen LogP contribution is -2.45. The lowest BCUT2D eigenvalue weighted by Gasteiger charge is -2.40. The lowest BCUT2D eigenvalue weighted by molar-refractivity contribution is -0.150. The van der Waals surface area contributed by atoms with Crippen molar-refractivity contribution in [3.8, 4) is 17.2 Å². The molecule has 0 bridgehead atoms. The van der Waals surface area contributed by atoms with Gasteiger partial charge in [-0.15, -0.1) is 0 Å². The van der Waals surface area contributed by atoms with Crippen LogP contribution in [0.2, 0.25) is 0 Å². The molecular formula is C37H36F2O9S. The molecule has 4 aromatic carbocycles. The quantitative estimate of drug-likeness (QED) is 0.0727. The van der Waals surface area contributed by atoms with Crippen LogP contribution in [0, 0.1) is 24.0 Å². The highest BCUT2D eigenvalue weighted by Gasteiger charge is 2.36. The lowest BCUT2D eigenvalue weighted by atomic mass is 9.84. The first-order chi connectivity index (χ1) is 23.5. The summed E-state index contributed by atoms with van der Waals surface area (Å²) in [5.74, 6) is -3.13. The summed E-state index contributed by atoms with van der Waals surface area (Å²) >= 11 is 0. The zero-order valence-corrected chi connectivity index (χ0v) is 27.9. The average molecular weight is 695 g/mol. The molecule has 9 nitrogen and oxygen atoms in total. The predicted molar refractivity (Wildman–Crippen MR) is 175 cm³/mol. The van der Waals surface area contributed by atoms with Gasteiger partial charge in [-0.1, -0.05) is 13.0 Å². The number of aryl methyl sites for hydroxylation is 1. The Balaban J connectivity index is 1.10. The van der Waals surface area contributed by atoms with E-state index in [0.717, 1.165) is 32.1 Å². The minimum absolute atomic E-state index is 0.00573. The number of esters is 2. The number of halogens is 2. The largest absolute Gasteiger partial charge is 0.493 e. The van der Waals surface area contributed by atoms with E-state index < -0.39 is 33.4 Å². The molecule has 0 N–H and O–H groups in total. The normalized spacial score (nSPS) is 13.7. The number of carbonyl (C=O) groups is 2. The molecule has 1 saturated heterocycles. The first-order valence-electron chi connectivity index (χ1n) is 15.7. The number of hydrogen-bond donors (Lipinski definition) is 0. The summed E-state index contributed by atoms with van der Waals surface area (Å²) < 4.78 is 82.3. The summed E-state index contributed by atoms with van der Waals surface area (Å²) in [4.78, 5) is 24.8. The molecule has 0 radical (unpaired) electrons. The maximum atomic E-state index is 14.8. The molecule has 12 heteroatoms. The minimum Gasteiger partial charge on any atom is -0.493 e. The molecule has 0 unspecified atom stereocenters. The summed E-state index contributed by atoms with van der Waals surface area (Å²) in [7, 11) is -4.00. The fraction of sp³-hybridized carbons (Fsp3) is 0.297. The van der Waals surface area contributed by atoms with Gasteiger partial charge in [-0.05, 0) is 105 Å². The van der Waals surface area contributed by atoms with Crippen LogP contribution < -0.4 is 14.2 Å². The minimum atomic E-state index is -4.00. The number of hydrogen-bond acceptors (Lipinski definition) is 9. The van der Waals surface area contributed by atoms with Crippen LogP contribution in [-0.2, 0) is 19.3 Å². The smallest absolute Gasteiger partial charge is 0.346 e. The van der Waals surface area contributed by atoms with E-state index in [1.807, 2.05) is 0 Å². The van der Waals surface area contributed by atoms with Crippen LogP contribution in [0.25, 0.3) is 0 Å². The first-order valence-corrected chi connectivity index (χ1v) is 17.2. The number of ether oxygens (including phenoxy) is 5. The number of carbonyl (C=O) groups excluding carboxylic acids is 2. The van der Waals surface area contributed by atoms with Crippen molar-refractivity contribution in [3.05, 3.63) is 113 Å². The van der Waals surface area contributed by atoms with E-state index >= 15 is 0 Å². The van der Waals surface area contributed by atoms with E-state index in [9.17, 15) is 26.8 Å². The van der Waals surface area contributed by atoms with Crippen LogP contribution >= 0.6 is 0 Å². The maximum Gasteiger partial charge on any atom is 0.346 e. The highest BCUT2D eigenvalue weighted by atomic mass is 32.2. The monoisotopic (exact) mass is 694 g/mol. The average Bonchev–Trinajstić information content (AvgIpc) is 3.06. The van der Waals surface area contributed by atoms with E-state index in [1.165, 1.54) is 72.8 Å². The van der Waals surface area contributed by atoms with Crippen LogP contribution in [0.1, 0.15) is 52.5 Å². The maximum absolute atomic E-state index is 14.8. The van der Waals surface area contributed by atoms with E-state index in [-0.39, 0.29) is 43.6 Å². The van der Waals surface area contributed by atoms with Crippen molar-refractivity contribution in [3.63, 3.8) is 0 Å². The van der Waals surface area contributed by atoms with E-state index in [4.69, 9.17) is 23.7 Å². The molecule has 1 aliphatic rings. The van der Waals surface area contributed by atoms with Gasteiger partial charge in [0.25, 0.3) is 0 Å². The molecule has 0 aliphatic carbocycles. The number of sulfone groups is 1. The molecule has 0 atom stereocenters. The van der Waals surface area contributed by atoms with Gasteiger partial charge in [0.15, 0.2) is 0 Å². The van der Waals surface area contributed by atoms with Gasteiger partial charge < -0.3 is 23.7 Å². The van der Waals surface area contributed by atoms with E-state index in [0.29, 0.717) is 31.8 Å². The Bertz CT molecular complexity index is 1880. The van der Waals surface area contributed by atoms with Crippen molar-refractivity contribution < 1.29 is 50.5 Å². The Kier molecular flexibility index (Phi) is 11.4. The Hall–Kier alpha value is -4.65. The molecule has 1 aliphatic heterocycles. The zero-order chi connectivity index (χ0) is 35.0. The third kappa shape index (κ3) is 8.88. The molecule has 0 saturated carbocycles. The molecule has 0 amide bonds. The Morgan fingerprint density at radius 1 is 0.735 bits per heavy atom. The second-order valence-corrected chi connectivity index (χ2v) is 13.8. The fourth-order valence-corrected chi connectivity index (χ4v) is 6.20. The Morgan fingerprint density at radius 2 is 1.24 bits per heavy atom. The summed E-state index contributed by atoms with van der Waals surface area (Å²) in [5.41, 5.74) is 0.225. The molecule has 49 heavy (non-hydrogen) atoms. The van der Waals surface area contributed by atoms with Crippen molar-refractivity contribution in [1.82, 2.24) is 0 Å². The van der Waals surface area contributed by atoms with Gasteiger partial charge in [0.05, 0.1) is 47.3 Å². The summed E-state index contributed by atoms with van der Waals surface area (Å²) in [6.07, 6.45) is 2.52. The molecule has 5 rings (SSSR count). The van der Waals surface area contributed by atoms with Gasteiger partial charge in [-0.3, -0.25) is 0 Å². The predicted octanol–water partition coefficient (Wildman–Crippen LogP) is 7.15. The molecule has 1 heterocycles. The second-order valence-electron chi connectivity index (χ2n) is 11.8. The SMILES string of the molecule is CCC1(COCCCCOc2ccc(C(=O)Oc3ccc(S(=O)(=O)c4ccc(OC(=O)c5ccc(C)cc5F)cc4)cc3)c(F)c2)COC1. The standard InChI is InChI=1S/C37H36F2O9S/c1-3-37(23-45-24-37)22-44-18-4-5-19-46-28-11-17-32(34(39)21-28)36(41)48-27-9-14-30(15-10-27)49(42,43)29-12-7-26(8-13-29)47-35(40)31-16-6-25(2)20-33(31)38/h6-17,20-21H,3-5,18-19,22-24H2,1-2H3. The third-order valence-electron chi connectivity index (χ3n) is 8.12. The van der Waals surface area contributed by atoms with Crippen molar-refractivity contribution in [2.24, 2.45) is 5.41 Å². The van der Waals surface area contributed by atoms with Gasteiger partial charge in [-0.25, -0.2) is 26.8 Å². The van der Waals surface area contributed by atoms with Crippen molar-refractivity contribution in [2.75, 3.05) is 33.0 Å². The molecule has 0 aromatic heterocycles. The van der Waals surface area contributed by atoms with Gasteiger partial charge >= 0.3 is 11.9 Å². The van der Waals surface area contributed by atoms with Gasteiger partial charge in [0, 0.05) is 18.1 Å². The van der Waals surface area contributed by atoms with Crippen molar-refractivity contribution in [1.29, 1.82) is 0 Å².